The number of carbonyl (C=O) groups is 1. The first kappa shape index (κ1) is 12.4. The summed E-state index contributed by atoms with van der Waals surface area (Å²) in [6, 6.07) is 0. The van der Waals surface area contributed by atoms with Crippen LogP contribution in [-0.2, 0) is 9.53 Å². The van der Waals surface area contributed by atoms with Crippen molar-refractivity contribution in [3.63, 3.8) is 0 Å². The molecule has 1 atom stereocenters. The molecule has 0 aromatic heterocycles. The molecule has 2 fully saturated rings. The summed E-state index contributed by atoms with van der Waals surface area (Å²) in [5, 5.41) is 0. The van der Waals surface area contributed by atoms with Gasteiger partial charge < -0.3 is 4.74 Å². The number of rotatable bonds is 3. The molecule has 92 valence electrons. The summed E-state index contributed by atoms with van der Waals surface area (Å²) in [6.07, 6.45) is -5.31. The van der Waals surface area contributed by atoms with E-state index in [1.165, 1.54) is 23.5 Å². The average molecular weight is 272 g/mol. The van der Waals surface area contributed by atoms with Gasteiger partial charge in [-0.15, -0.1) is 23.5 Å². The van der Waals surface area contributed by atoms with Crippen molar-refractivity contribution in [3.8, 4) is 0 Å². The van der Waals surface area contributed by atoms with Crippen molar-refractivity contribution in [2.75, 3.05) is 11.5 Å². The molecule has 2 aliphatic rings. The molecule has 2 nitrogen and oxygen atoms in total. The molecule has 2 rings (SSSR count). The first-order valence-corrected chi connectivity index (χ1v) is 7.08. The van der Waals surface area contributed by atoms with Gasteiger partial charge in [-0.2, -0.15) is 13.2 Å². The second-order valence-corrected chi connectivity index (χ2v) is 6.53. The highest BCUT2D eigenvalue weighted by Crippen LogP contribution is 2.43. The number of thioether (sulfide) groups is 2. The Kier molecular flexibility index (Phi) is 3.63. The van der Waals surface area contributed by atoms with Crippen LogP contribution in [0.25, 0.3) is 0 Å². The van der Waals surface area contributed by atoms with Crippen LogP contribution in [0.1, 0.15) is 12.8 Å². The standard InChI is InChI=1S/C9H11F3O2S2/c10-9(11,12)6(5-1-2-5)14-7(13)8-15-3-4-16-8/h5-6,8H,1-4H2. The lowest BCUT2D eigenvalue weighted by Gasteiger charge is -2.21. The van der Waals surface area contributed by atoms with E-state index in [1.54, 1.807) is 0 Å². The zero-order valence-electron chi connectivity index (χ0n) is 8.33. The molecule has 1 aliphatic heterocycles. The van der Waals surface area contributed by atoms with Crippen LogP contribution in [0.4, 0.5) is 13.2 Å². The van der Waals surface area contributed by atoms with E-state index >= 15 is 0 Å². The minimum Gasteiger partial charge on any atom is -0.451 e. The number of hydrogen-bond donors (Lipinski definition) is 0. The Balaban J connectivity index is 1.92. The zero-order chi connectivity index (χ0) is 11.8. The highest BCUT2D eigenvalue weighted by molar-refractivity contribution is 8.21. The molecular weight excluding hydrogens is 261 g/mol. The maximum absolute atomic E-state index is 12.6. The summed E-state index contributed by atoms with van der Waals surface area (Å²) in [7, 11) is 0. The van der Waals surface area contributed by atoms with Gasteiger partial charge in [0.25, 0.3) is 0 Å². The van der Waals surface area contributed by atoms with Crippen LogP contribution in [0.3, 0.4) is 0 Å². The normalized spacial score (nSPS) is 24.4. The van der Waals surface area contributed by atoms with E-state index in [0.29, 0.717) is 12.8 Å². The monoisotopic (exact) mass is 272 g/mol. The smallest absolute Gasteiger partial charge is 0.425 e. The first-order chi connectivity index (χ1) is 7.48. The van der Waals surface area contributed by atoms with E-state index in [2.05, 4.69) is 4.74 Å². The summed E-state index contributed by atoms with van der Waals surface area (Å²) in [5.74, 6) is 0.358. The molecule has 1 saturated carbocycles. The van der Waals surface area contributed by atoms with Crippen molar-refractivity contribution >= 4 is 29.5 Å². The molecule has 1 heterocycles. The Hall–Kier alpha value is -0.0400. The molecule has 16 heavy (non-hydrogen) atoms. The van der Waals surface area contributed by atoms with Crippen LogP contribution in [0.5, 0.6) is 0 Å². The van der Waals surface area contributed by atoms with Crippen LogP contribution in [0, 0.1) is 5.92 Å². The number of carbonyl (C=O) groups excluding carboxylic acids is 1. The van der Waals surface area contributed by atoms with E-state index in [9.17, 15) is 18.0 Å². The topological polar surface area (TPSA) is 26.3 Å². The summed E-state index contributed by atoms with van der Waals surface area (Å²) < 4.78 is 41.9. The molecule has 0 radical (unpaired) electrons. The highest BCUT2D eigenvalue weighted by atomic mass is 32.2. The highest BCUT2D eigenvalue weighted by Gasteiger charge is 2.52. The minimum atomic E-state index is -4.43. The van der Waals surface area contributed by atoms with Crippen molar-refractivity contribution in [3.05, 3.63) is 0 Å². The van der Waals surface area contributed by atoms with Gasteiger partial charge in [0.15, 0.2) is 6.10 Å². The summed E-state index contributed by atoms with van der Waals surface area (Å²) in [4.78, 5) is 11.5. The number of halogens is 3. The Labute approximate surface area is 99.7 Å². The van der Waals surface area contributed by atoms with Crippen molar-refractivity contribution < 1.29 is 22.7 Å². The van der Waals surface area contributed by atoms with E-state index in [1.807, 2.05) is 0 Å². The van der Waals surface area contributed by atoms with Crippen molar-refractivity contribution in [1.29, 1.82) is 0 Å². The van der Waals surface area contributed by atoms with Crippen LogP contribution >= 0.6 is 23.5 Å². The van der Waals surface area contributed by atoms with Gasteiger partial charge >= 0.3 is 12.1 Å². The molecule has 0 bridgehead atoms. The zero-order valence-corrected chi connectivity index (χ0v) is 9.96. The van der Waals surface area contributed by atoms with Crippen molar-refractivity contribution in [2.45, 2.75) is 29.7 Å². The van der Waals surface area contributed by atoms with Gasteiger partial charge in [0.2, 0.25) is 0 Å². The van der Waals surface area contributed by atoms with Gasteiger partial charge in [-0.25, -0.2) is 4.79 Å². The molecule has 1 saturated heterocycles. The third-order valence-corrected chi connectivity index (χ3v) is 5.38. The quantitative estimate of drug-likeness (QED) is 0.738. The summed E-state index contributed by atoms with van der Waals surface area (Å²) in [5.41, 5.74) is 0. The Morgan fingerprint density at radius 3 is 2.25 bits per heavy atom. The molecule has 7 heteroatoms. The summed E-state index contributed by atoms with van der Waals surface area (Å²) >= 11 is 2.71. The average Bonchev–Trinajstić information content (AvgIpc) is 2.85. The molecule has 0 N–H and O–H groups in total. The Bertz CT molecular complexity index is 272. The number of ether oxygens (including phenoxy) is 1. The molecule has 0 aromatic rings. The van der Waals surface area contributed by atoms with Crippen LogP contribution in [0.2, 0.25) is 0 Å². The van der Waals surface area contributed by atoms with E-state index < -0.39 is 28.7 Å². The number of esters is 1. The van der Waals surface area contributed by atoms with Crippen LogP contribution < -0.4 is 0 Å². The number of alkyl halides is 3. The van der Waals surface area contributed by atoms with Crippen LogP contribution in [-0.4, -0.2) is 34.3 Å². The summed E-state index contributed by atoms with van der Waals surface area (Å²) in [6.45, 7) is 0. The molecule has 1 aliphatic carbocycles. The van der Waals surface area contributed by atoms with Gasteiger partial charge in [-0.1, -0.05) is 0 Å². The SMILES string of the molecule is O=C(OC(C1CC1)C(F)(F)F)C1SCCS1. The fourth-order valence-corrected chi connectivity index (χ4v) is 4.05. The lowest BCUT2D eigenvalue weighted by atomic mass is 10.2. The molecule has 0 amide bonds. The van der Waals surface area contributed by atoms with Crippen LogP contribution in [0.15, 0.2) is 0 Å². The fraction of sp³-hybridized carbons (Fsp3) is 0.889. The first-order valence-electron chi connectivity index (χ1n) is 4.99. The van der Waals surface area contributed by atoms with E-state index in [0.717, 1.165) is 11.5 Å². The maximum atomic E-state index is 12.6. The molecule has 1 unspecified atom stereocenters. The predicted octanol–water partition coefficient (Wildman–Crippen LogP) is 2.68. The van der Waals surface area contributed by atoms with Gasteiger partial charge in [0.05, 0.1) is 0 Å². The Morgan fingerprint density at radius 1 is 1.25 bits per heavy atom. The predicted molar refractivity (Wildman–Crippen MR) is 57.4 cm³/mol. The molecular formula is C9H11F3O2S2. The Morgan fingerprint density at radius 2 is 1.81 bits per heavy atom. The molecule has 0 aromatic carbocycles. The lowest BCUT2D eigenvalue weighted by Crippen LogP contribution is -2.37. The second kappa shape index (κ2) is 4.68. The second-order valence-electron chi connectivity index (χ2n) is 3.81. The van der Waals surface area contributed by atoms with Gasteiger partial charge in [-0.3, -0.25) is 0 Å². The third kappa shape index (κ3) is 3.00. The minimum absolute atomic E-state index is 0.469. The lowest BCUT2D eigenvalue weighted by molar-refractivity contribution is -0.225. The van der Waals surface area contributed by atoms with E-state index in [-0.39, 0.29) is 0 Å². The van der Waals surface area contributed by atoms with Gasteiger partial charge in [-0.05, 0) is 12.8 Å². The third-order valence-electron chi connectivity index (χ3n) is 2.43. The fourth-order valence-electron chi connectivity index (χ4n) is 1.50. The maximum Gasteiger partial charge on any atom is 0.425 e. The van der Waals surface area contributed by atoms with E-state index in [4.69, 9.17) is 0 Å². The largest absolute Gasteiger partial charge is 0.451 e. The van der Waals surface area contributed by atoms with Gasteiger partial charge in [0.1, 0.15) is 4.58 Å². The van der Waals surface area contributed by atoms with Crippen molar-refractivity contribution in [2.24, 2.45) is 5.92 Å². The van der Waals surface area contributed by atoms with Gasteiger partial charge in [0, 0.05) is 17.4 Å². The molecule has 0 spiro atoms. The number of hydrogen-bond acceptors (Lipinski definition) is 4. The van der Waals surface area contributed by atoms with Crippen molar-refractivity contribution in [1.82, 2.24) is 0 Å².